The number of hydrogen-bond acceptors (Lipinski definition) is 4. The van der Waals surface area contributed by atoms with E-state index in [9.17, 15) is 17.6 Å². The third-order valence-corrected chi connectivity index (χ3v) is 8.02. The third kappa shape index (κ3) is 5.38. The summed E-state index contributed by atoms with van der Waals surface area (Å²) in [5.74, 6) is -0.680. The van der Waals surface area contributed by atoms with Crippen molar-refractivity contribution in [3.63, 3.8) is 0 Å². The zero-order chi connectivity index (χ0) is 23.6. The summed E-state index contributed by atoms with van der Waals surface area (Å²) in [4.78, 5) is 12.7. The number of nitrogens with one attached hydrogen (secondary N) is 1. The SMILES string of the molecule is O=C(Nc1ccn(Cc2ccc(F)cc2)n1)c1cc(S(=O)(=O)N2CCCCC2)c(Cl)cc1Cl. The van der Waals surface area contributed by atoms with E-state index in [1.807, 2.05) is 0 Å². The molecule has 0 aliphatic carbocycles. The Balaban J connectivity index is 1.53. The van der Waals surface area contributed by atoms with E-state index in [0.717, 1.165) is 24.8 Å². The van der Waals surface area contributed by atoms with Gasteiger partial charge in [-0.05, 0) is 42.7 Å². The highest BCUT2D eigenvalue weighted by Gasteiger charge is 2.30. The standard InChI is InChI=1S/C22H21Cl2FN4O3S/c23-18-13-19(24)20(33(31,32)29-9-2-1-3-10-29)12-17(18)22(30)26-21-8-11-28(27-21)14-15-4-6-16(25)7-5-15/h4-8,11-13H,1-3,9-10,14H2,(H,26,27,30). The molecule has 0 radical (unpaired) electrons. The number of piperidine rings is 1. The number of hydrogen-bond donors (Lipinski definition) is 1. The van der Waals surface area contributed by atoms with Crippen LogP contribution in [0.4, 0.5) is 10.2 Å². The van der Waals surface area contributed by atoms with E-state index in [0.29, 0.717) is 19.6 Å². The van der Waals surface area contributed by atoms with Crippen LogP contribution >= 0.6 is 23.2 Å². The first kappa shape index (κ1) is 23.7. The zero-order valence-corrected chi connectivity index (χ0v) is 19.8. The number of benzene rings is 2. The number of carbonyl (C=O) groups is 1. The number of carbonyl (C=O) groups excluding carboxylic acids is 1. The minimum absolute atomic E-state index is 0.0234. The Morgan fingerprint density at radius 3 is 2.42 bits per heavy atom. The van der Waals surface area contributed by atoms with Crippen molar-refractivity contribution in [2.24, 2.45) is 0 Å². The first-order valence-electron chi connectivity index (χ1n) is 10.3. The molecule has 0 spiro atoms. The van der Waals surface area contributed by atoms with Crippen molar-refractivity contribution in [3.8, 4) is 0 Å². The van der Waals surface area contributed by atoms with E-state index in [1.54, 1.807) is 29.1 Å². The van der Waals surface area contributed by atoms with Gasteiger partial charge in [0.05, 0.1) is 22.2 Å². The Morgan fingerprint density at radius 2 is 1.73 bits per heavy atom. The van der Waals surface area contributed by atoms with E-state index in [2.05, 4.69) is 10.4 Å². The van der Waals surface area contributed by atoms with Gasteiger partial charge in [0.15, 0.2) is 5.82 Å². The van der Waals surface area contributed by atoms with Gasteiger partial charge in [0.2, 0.25) is 10.0 Å². The van der Waals surface area contributed by atoms with E-state index in [4.69, 9.17) is 23.2 Å². The van der Waals surface area contributed by atoms with Crippen LogP contribution in [0.1, 0.15) is 35.2 Å². The minimum Gasteiger partial charge on any atom is -0.305 e. The Kier molecular flexibility index (Phi) is 7.04. The van der Waals surface area contributed by atoms with Gasteiger partial charge in [-0.1, -0.05) is 41.8 Å². The molecule has 1 aliphatic heterocycles. The van der Waals surface area contributed by atoms with Crippen molar-refractivity contribution in [1.29, 1.82) is 0 Å². The molecule has 1 amide bonds. The highest BCUT2D eigenvalue weighted by Crippen LogP contribution is 2.32. The fourth-order valence-electron chi connectivity index (χ4n) is 3.62. The van der Waals surface area contributed by atoms with Gasteiger partial charge in [-0.15, -0.1) is 0 Å². The fraction of sp³-hybridized carbons (Fsp3) is 0.273. The number of rotatable bonds is 6. The summed E-state index contributed by atoms with van der Waals surface area (Å²) in [7, 11) is -3.86. The third-order valence-electron chi connectivity index (χ3n) is 5.34. The minimum atomic E-state index is -3.86. The van der Waals surface area contributed by atoms with Crippen molar-refractivity contribution in [3.05, 3.63) is 75.7 Å². The number of halogens is 3. The maximum Gasteiger partial charge on any atom is 0.258 e. The molecule has 3 aromatic rings. The van der Waals surface area contributed by atoms with Crippen molar-refractivity contribution in [2.45, 2.75) is 30.7 Å². The molecule has 0 unspecified atom stereocenters. The second-order valence-electron chi connectivity index (χ2n) is 7.71. The van der Waals surface area contributed by atoms with E-state index in [-0.39, 0.29) is 32.1 Å². The van der Waals surface area contributed by atoms with Gasteiger partial charge < -0.3 is 5.32 Å². The molecule has 1 aromatic heterocycles. The first-order chi connectivity index (χ1) is 15.7. The quantitative estimate of drug-likeness (QED) is 0.515. The van der Waals surface area contributed by atoms with Crippen LogP contribution in [-0.2, 0) is 16.6 Å². The summed E-state index contributed by atoms with van der Waals surface area (Å²) in [6.07, 6.45) is 4.19. The number of aromatic nitrogens is 2. The number of anilines is 1. The van der Waals surface area contributed by atoms with E-state index >= 15 is 0 Å². The summed E-state index contributed by atoms with van der Waals surface area (Å²) >= 11 is 12.4. The van der Waals surface area contributed by atoms with Crippen LogP contribution in [0.15, 0.2) is 53.6 Å². The van der Waals surface area contributed by atoms with Crippen LogP contribution in [0.5, 0.6) is 0 Å². The van der Waals surface area contributed by atoms with Crippen molar-refractivity contribution >= 4 is 45.0 Å². The predicted molar refractivity (Wildman–Crippen MR) is 125 cm³/mol. The molecule has 33 heavy (non-hydrogen) atoms. The molecule has 1 N–H and O–H groups in total. The topological polar surface area (TPSA) is 84.3 Å². The molecule has 7 nitrogen and oxygen atoms in total. The molecule has 1 aliphatic rings. The molecule has 0 saturated carbocycles. The van der Waals surface area contributed by atoms with Gasteiger partial charge in [0, 0.05) is 25.4 Å². The Morgan fingerprint density at radius 1 is 1.03 bits per heavy atom. The highest BCUT2D eigenvalue weighted by molar-refractivity contribution is 7.89. The molecule has 1 saturated heterocycles. The summed E-state index contributed by atoms with van der Waals surface area (Å²) in [5.41, 5.74) is 0.815. The lowest BCUT2D eigenvalue weighted by Gasteiger charge is -2.26. The lowest BCUT2D eigenvalue weighted by Crippen LogP contribution is -2.35. The van der Waals surface area contributed by atoms with Crippen LogP contribution in [-0.4, -0.2) is 41.5 Å². The van der Waals surface area contributed by atoms with Gasteiger partial charge in [-0.2, -0.15) is 9.40 Å². The molecule has 11 heteroatoms. The predicted octanol–water partition coefficient (Wildman–Crippen LogP) is 4.80. The van der Waals surface area contributed by atoms with Crippen LogP contribution < -0.4 is 5.32 Å². The van der Waals surface area contributed by atoms with Gasteiger partial charge in [-0.25, -0.2) is 12.8 Å². The van der Waals surface area contributed by atoms with Crippen LogP contribution in [0, 0.1) is 5.82 Å². The van der Waals surface area contributed by atoms with Crippen molar-refractivity contribution < 1.29 is 17.6 Å². The lowest BCUT2D eigenvalue weighted by atomic mass is 10.2. The number of amides is 1. The monoisotopic (exact) mass is 510 g/mol. The molecule has 1 fully saturated rings. The Labute approximate surface area is 201 Å². The van der Waals surface area contributed by atoms with Gasteiger partial charge in [0.25, 0.3) is 5.91 Å². The molecule has 2 heterocycles. The smallest absolute Gasteiger partial charge is 0.258 e. The van der Waals surface area contributed by atoms with Crippen molar-refractivity contribution in [1.82, 2.24) is 14.1 Å². The summed E-state index contributed by atoms with van der Waals surface area (Å²) in [6, 6.07) is 10.1. The maximum absolute atomic E-state index is 13.1. The van der Waals surface area contributed by atoms with E-state index in [1.165, 1.54) is 28.6 Å². The van der Waals surface area contributed by atoms with Crippen LogP contribution in [0.25, 0.3) is 0 Å². The van der Waals surface area contributed by atoms with Crippen molar-refractivity contribution in [2.75, 3.05) is 18.4 Å². The molecule has 4 rings (SSSR count). The first-order valence-corrected chi connectivity index (χ1v) is 12.5. The van der Waals surface area contributed by atoms with Crippen LogP contribution in [0.3, 0.4) is 0 Å². The normalized spacial score (nSPS) is 14.9. The molecular weight excluding hydrogens is 490 g/mol. The fourth-order valence-corrected chi connectivity index (χ4v) is 5.97. The molecule has 0 atom stereocenters. The lowest BCUT2D eigenvalue weighted by molar-refractivity contribution is 0.102. The summed E-state index contributed by atoms with van der Waals surface area (Å²) < 4.78 is 42.2. The van der Waals surface area contributed by atoms with Gasteiger partial charge >= 0.3 is 0 Å². The van der Waals surface area contributed by atoms with Gasteiger partial charge in [-0.3, -0.25) is 9.48 Å². The summed E-state index contributed by atoms with van der Waals surface area (Å²) in [5, 5.41) is 6.90. The Bertz CT molecular complexity index is 1270. The molecule has 0 bridgehead atoms. The van der Waals surface area contributed by atoms with E-state index < -0.39 is 15.9 Å². The second kappa shape index (κ2) is 9.80. The number of nitrogens with zero attached hydrogens (tertiary/aromatic N) is 3. The average molecular weight is 511 g/mol. The van der Waals surface area contributed by atoms with Gasteiger partial charge in [0.1, 0.15) is 10.7 Å². The zero-order valence-electron chi connectivity index (χ0n) is 17.5. The molecule has 174 valence electrons. The van der Waals surface area contributed by atoms with Crippen LogP contribution in [0.2, 0.25) is 10.0 Å². The molecule has 2 aromatic carbocycles. The number of sulfonamides is 1. The maximum atomic E-state index is 13.1. The average Bonchev–Trinajstić information content (AvgIpc) is 3.22. The Hall–Kier alpha value is -2.46. The molecular formula is C22H21Cl2FN4O3S. The summed E-state index contributed by atoms with van der Waals surface area (Å²) in [6.45, 7) is 1.21. The second-order valence-corrected chi connectivity index (χ2v) is 10.4. The largest absolute Gasteiger partial charge is 0.305 e. The highest BCUT2D eigenvalue weighted by atomic mass is 35.5.